The van der Waals surface area contributed by atoms with Gasteiger partial charge in [-0.15, -0.1) is 0 Å². The van der Waals surface area contributed by atoms with E-state index in [4.69, 9.17) is 0 Å². The van der Waals surface area contributed by atoms with Crippen LogP contribution >= 0.6 is 15.9 Å². The fourth-order valence-electron chi connectivity index (χ4n) is 2.35. The van der Waals surface area contributed by atoms with Gasteiger partial charge in [0.25, 0.3) is 5.69 Å². The van der Waals surface area contributed by atoms with E-state index in [-0.39, 0.29) is 10.6 Å². The minimum atomic E-state index is -0.332. The average Bonchev–Trinajstić information content (AvgIpc) is 2.60. The molecule has 0 spiro atoms. The van der Waals surface area contributed by atoms with E-state index < -0.39 is 0 Å². The van der Waals surface area contributed by atoms with Crippen LogP contribution in [0.5, 0.6) is 0 Å². The highest BCUT2D eigenvalue weighted by Gasteiger charge is 2.17. The van der Waals surface area contributed by atoms with E-state index in [0.717, 1.165) is 42.5 Å². The molecule has 0 saturated carbocycles. The summed E-state index contributed by atoms with van der Waals surface area (Å²) in [7, 11) is 0. The first-order valence-corrected chi connectivity index (χ1v) is 7.29. The van der Waals surface area contributed by atoms with Gasteiger partial charge in [-0.2, -0.15) is 0 Å². The van der Waals surface area contributed by atoms with Gasteiger partial charge in [0.15, 0.2) is 0 Å². The van der Waals surface area contributed by atoms with Crippen molar-refractivity contribution < 1.29 is 4.92 Å². The molecule has 1 aromatic rings. The van der Waals surface area contributed by atoms with Gasteiger partial charge < -0.3 is 10.6 Å². The molecule has 1 fully saturated rings. The number of hydrogen-bond acceptors (Lipinski definition) is 4. The topological polar surface area (TPSA) is 67.2 Å². The molecule has 2 N–H and O–H groups in total. The first-order chi connectivity index (χ1) is 9.08. The molecule has 0 amide bonds. The van der Waals surface area contributed by atoms with Crippen LogP contribution in [0.25, 0.3) is 0 Å². The van der Waals surface area contributed by atoms with Gasteiger partial charge in [-0.05, 0) is 61.3 Å². The number of halogens is 1. The molecule has 5 nitrogen and oxygen atoms in total. The highest BCUT2D eigenvalue weighted by atomic mass is 79.9. The van der Waals surface area contributed by atoms with E-state index in [0.29, 0.717) is 11.6 Å². The van der Waals surface area contributed by atoms with Crippen LogP contribution in [-0.2, 0) is 0 Å². The Bertz CT molecular complexity index is 471. The average molecular weight is 328 g/mol. The van der Waals surface area contributed by atoms with Crippen molar-refractivity contribution >= 4 is 27.3 Å². The number of nitrogens with one attached hydrogen (secondary N) is 2. The Hall–Kier alpha value is -1.14. The Kier molecular flexibility index (Phi) is 4.76. The minimum Gasteiger partial charge on any atom is -0.381 e. The fourth-order valence-corrected chi connectivity index (χ4v) is 2.92. The van der Waals surface area contributed by atoms with Crippen LogP contribution in [0.2, 0.25) is 0 Å². The van der Waals surface area contributed by atoms with Gasteiger partial charge in [0.2, 0.25) is 0 Å². The lowest BCUT2D eigenvalue weighted by Crippen LogP contribution is -2.21. The zero-order valence-electron chi connectivity index (χ0n) is 10.9. The maximum absolute atomic E-state index is 11.0. The molecule has 0 bridgehead atoms. The molecule has 2 rings (SSSR count). The number of benzene rings is 1. The molecular weight excluding hydrogens is 310 g/mol. The van der Waals surface area contributed by atoms with Gasteiger partial charge in [0.05, 0.1) is 10.6 Å². The Morgan fingerprint density at radius 3 is 2.95 bits per heavy atom. The Balaban J connectivity index is 2.19. The lowest BCUT2D eigenvalue weighted by Gasteiger charge is -2.18. The van der Waals surface area contributed by atoms with Crippen LogP contribution in [0.3, 0.4) is 0 Å². The molecule has 0 aromatic heterocycles. The summed E-state index contributed by atoms with van der Waals surface area (Å²) in [6.45, 7) is 3.79. The number of nitro groups is 1. The van der Waals surface area contributed by atoms with Gasteiger partial charge in [-0.1, -0.05) is 0 Å². The summed E-state index contributed by atoms with van der Waals surface area (Å²) in [6, 6.07) is 3.79. The maximum atomic E-state index is 11.0. The second kappa shape index (κ2) is 6.34. The van der Waals surface area contributed by atoms with Crippen molar-refractivity contribution in [1.29, 1.82) is 0 Å². The Labute approximate surface area is 121 Å². The Morgan fingerprint density at radius 1 is 1.42 bits per heavy atom. The summed E-state index contributed by atoms with van der Waals surface area (Å²) >= 11 is 3.48. The van der Waals surface area contributed by atoms with E-state index >= 15 is 0 Å². The van der Waals surface area contributed by atoms with Crippen LogP contribution in [0.15, 0.2) is 16.6 Å². The molecule has 1 heterocycles. The number of nitro benzene ring substituents is 1. The molecule has 1 aromatic carbocycles. The van der Waals surface area contributed by atoms with Gasteiger partial charge in [-0.25, -0.2) is 0 Å². The molecule has 0 radical (unpaired) electrons. The Morgan fingerprint density at radius 2 is 2.21 bits per heavy atom. The minimum absolute atomic E-state index is 0.164. The summed E-state index contributed by atoms with van der Waals surface area (Å²) in [4.78, 5) is 10.7. The van der Waals surface area contributed by atoms with E-state index in [1.807, 2.05) is 0 Å². The predicted octanol–water partition coefficient (Wildman–Crippen LogP) is 3.22. The van der Waals surface area contributed by atoms with Gasteiger partial charge >= 0.3 is 0 Å². The molecule has 1 saturated heterocycles. The zero-order valence-corrected chi connectivity index (χ0v) is 12.5. The molecule has 104 valence electrons. The molecule has 19 heavy (non-hydrogen) atoms. The number of hydrogen-bond donors (Lipinski definition) is 2. The van der Waals surface area contributed by atoms with Crippen LogP contribution in [0.1, 0.15) is 24.8 Å². The highest BCUT2D eigenvalue weighted by molar-refractivity contribution is 9.10. The quantitative estimate of drug-likeness (QED) is 0.660. The van der Waals surface area contributed by atoms with Gasteiger partial charge in [-0.3, -0.25) is 10.1 Å². The van der Waals surface area contributed by atoms with Gasteiger partial charge in [0.1, 0.15) is 0 Å². The molecule has 1 aliphatic rings. The van der Waals surface area contributed by atoms with E-state index in [1.165, 1.54) is 0 Å². The second-order valence-corrected chi connectivity index (χ2v) is 5.75. The smallest absolute Gasteiger partial charge is 0.274 e. The summed E-state index contributed by atoms with van der Waals surface area (Å²) in [5, 5.41) is 17.8. The largest absolute Gasteiger partial charge is 0.381 e. The zero-order chi connectivity index (χ0) is 13.8. The molecule has 6 heteroatoms. The molecule has 0 aliphatic carbocycles. The lowest BCUT2D eigenvalue weighted by atomic mass is 10.1. The first kappa shape index (κ1) is 14.3. The van der Waals surface area contributed by atoms with Crippen molar-refractivity contribution in [1.82, 2.24) is 5.32 Å². The van der Waals surface area contributed by atoms with Crippen LogP contribution in [0.4, 0.5) is 11.4 Å². The summed E-state index contributed by atoms with van der Waals surface area (Å²) in [6.07, 6.45) is 3.25. The molecule has 1 atom stereocenters. The monoisotopic (exact) mass is 327 g/mol. The first-order valence-electron chi connectivity index (χ1n) is 6.49. The normalized spacial score (nSPS) is 19.8. The van der Waals surface area contributed by atoms with Crippen molar-refractivity contribution in [3.05, 3.63) is 32.3 Å². The van der Waals surface area contributed by atoms with Crippen molar-refractivity contribution in [2.24, 2.45) is 0 Å². The third kappa shape index (κ3) is 3.67. The van der Waals surface area contributed by atoms with Gasteiger partial charge in [0, 0.05) is 22.1 Å². The molecule has 1 aliphatic heterocycles. The maximum Gasteiger partial charge on any atom is 0.274 e. The SMILES string of the molecule is Cc1cc(Br)c(NC2CCCNCC2)cc1[N+](=O)[O-]. The lowest BCUT2D eigenvalue weighted by molar-refractivity contribution is -0.385. The predicted molar refractivity (Wildman–Crippen MR) is 79.7 cm³/mol. The van der Waals surface area contributed by atoms with E-state index in [2.05, 4.69) is 26.6 Å². The summed E-state index contributed by atoms with van der Waals surface area (Å²) in [5.41, 5.74) is 1.65. The molecule has 1 unspecified atom stereocenters. The van der Waals surface area contributed by atoms with Crippen molar-refractivity contribution in [2.75, 3.05) is 18.4 Å². The van der Waals surface area contributed by atoms with Crippen LogP contribution in [-0.4, -0.2) is 24.1 Å². The molecular formula is C13H18BrN3O2. The van der Waals surface area contributed by atoms with E-state index in [9.17, 15) is 10.1 Å². The number of anilines is 1. The number of rotatable bonds is 3. The standard InChI is InChI=1S/C13H18BrN3O2/c1-9-7-11(14)12(8-13(9)17(18)19)16-10-3-2-5-15-6-4-10/h7-8,10,15-16H,2-6H2,1H3. The van der Waals surface area contributed by atoms with Crippen molar-refractivity contribution in [3.63, 3.8) is 0 Å². The number of nitrogens with zero attached hydrogens (tertiary/aromatic N) is 1. The third-order valence-electron chi connectivity index (χ3n) is 3.42. The fraction of sp³-hybridized carbons (Fsp3) is 0.538. The summed E-state index contributed by atoms with van der Waals surface area (Å²) < 4.78 is 0.882. The summed E-state index contributed by atoms with van der Waals surface area (Å²) in [5.74, 6) is 0. The van der Waals surface area contributed by atoms with Crippen LogP contribution < -0.4 is 10.6 Å². The highest BCUT2D eigenvalue weighted by Crippen LogP contribution is 2.31. The number of aryl methyl sites for hydroxylation is 1. The van der Waals surface area contributed by atoms with E-state index in [1.54, 1.807) is 19.1 Å². The second-order valence-electron chi connectivity index (χ2n) is 4.90. The van der Waals surface area contributed by atoms with Crippen LogP contribution in [0, 0.1) is 17.0 Å². The third-order valence-corrected chi connectivity index (χ3v) is 4.07. The van der Waals surface area contributed by atoms with Crippen molar-refractivity contribution in [3.8, 4) is 0 Å². The van der Waals surface area contributed by atoms with Crippen molar-refractivity contribution in [2.45, 2.75) is 32.2 Å².